The van der Waals surface area contributed by atoms with Crippen LogP contribution in [-0.2, 0) is 6.42 Å². The minimum Gasteiger partial charge on any atom is -0.352 e. The molecular formula is C13H13BrFN3O. The molecule has 1 heterocycles. The Kier molecular flexibility index (Phi) is 4.68. The van der Waals surface area contributed by atoms with Gasteiger partial charge in [-0.3, -0.25) is 4.79 Å². The van der Waals surface area contributed by atoms with E-state index in [-0.39, 0.29) is 5.91 Å². The molecule has 0 aliphatic rings. The minimum atomic E-state index is -0.427. The van der Waals surface area contributed by atoms with Gasteiger partial charge in [0.1, 0.15) is 11.6 Å². The summed E-state index contributed by atoms with van der Waals surface area (Å²) in [6.07, 6.45) is 4.99. The predicted octanol–water partition coefficient (Wildman–Crippen LogP) is 2.67. The van der Waals surface area contributed by atoms with Crippen LogP contribution in [0.25, 0.3) is 0 Å². The van der Waals surface area contributed by atoms with Crippen LogP contribution in [0.2, 0.25) is 0 Å². The maximum Gasteiger partial charge on any atom is 0.252 e. The van der Waals surface area contributed by atoms with E-state index in [2.05, 4.69) is 31.2 Å². The zero-order valence-electron chi connectivity index (χ0n) is 10.1. The smallest absolute Gasteiger partial charge is 0.252 e. The molecule has 4 nitrogen and oxygen atoms in total. The standard InChI is InChI=1S/C13H13BrFN3O/c14-11-4-3-9(15)8-10(11)13(19)18-5-1-2-12-16-6-7-17-12/h3-4,6-8H,1-2,5H2,(H,16,17)(H,18,19). The molecule has 1 amide bonds. The highest BCUT2D eigenvalue weighted by molar-refractivity contribution is 9.10. The largest absolute Gasteiger partial charge is 0.352 e. The molecule has 0 fully saturated rings. The number of carbonyl (C=O) groups is 1. The number of hydrogen-bond donors (Lipinski definition) is 2. The fourth-order valence-electron chi connectivity index (χ4n) is 1.66. The van der Waals surface area contributed by atoms with E-state index in [9.17, 15) is 9.18 Å². The molecule has 2 rings (SSSR count). The van der Waals surface area contributed by atoms with E-state index in [1.807, 2.05) is 0 Å². The van der Waals surface area contributed by atoms with Crippen molar-refractivity contribution in [1.82, 2.24) is 15.3 Å². The van der Waals surface area contributed by atoms with Crippen LogP contribution >= 0.6 is 15.9 Å². The summed E-state index contributed by atoms with van der Waals surface area (Å²) >= 11 is 3.23. The molecule has 1 aromatic carbocycles. The van der Waals surface area contributed by atoms with Gasteiger partial charge in [-0.2, -0.15) is 0 Å². The maximum atomic E-state index is 13.1. The maximum absolute atomic E-state index is 13.1. The van der Waals surface area contributed by atoms with Crippen molar-refractivity contribution < 1.29 is 9.18 Å². The van der Waals surface area contributed by atoms with Gasteiger partial charge < -0.3 is 10.3 Å². The van der Waals surface area contributed by atoms with Crippen molar-refractivity contribution in [2.24, 2.45) is 0 Å². The van der Waals surface area contributed by atoms with Crippen LogP contribution in [0, 0.1) is 5.82 Å². The molecule has 1 aromatic heterocycles. The van der Waals surface area contributed by atoms with Gasteiger partial charge in [-0.05, 0) is 40.5 Å². The van der Waals surface area contributed by atoms with Crippen LogP contribution in [0.3, 0.4) is 0 Å². The number of aryl methyl sites for hydroxylation is 1. The van der Waals surface area contributed by atoms with Gasteiger partial charge in [0, 0.05) is 29.8 Å². The lowest BCUT2D eigenvalue weighted by molar-refractivity contribution is 0.0952. The van der Waals surface area contributed by atoms with E-state index in [1.165, 1.54) is 18.2 Å². The van der Waals surface area contributed by atoms with Gasteiger partial charge in [0.15, 0.2) is 0 Å². The van der Waals surface area contributed by atoms with Gasteiger partial charge in [-0.25, -0.2) is 9.37 Å². The molecule has 0 atom stereocenters. The lowest BCUT2D eigenvalue weighted by atomic mass is 10.2. The summed E-state index contributed by atoms with van der Waals surface area (Å²) < 4.78 is 13.6. The third kappa shape index (κ3) is 3.89. The fraction of sp³-hybridized carbons (Fsp3) is 0.231. The predicted molar refractivity (Wildman–Crippen MR) is 73.3 cm³/mol. The summed E-state index contributed by atoms with van der Waals surface area (Å²) in [6, 6.07) is 4.04. The van der Waals surface area contributed by atoms with Gasteiger partial charge in [0.05, 0.1) is 5.56 Å². The zero-order chi connectivity index (χ0) is 13.7. The van der Waals surface area contributed by atoms with E-state index in [0.717, 1.165) is 18.7 Å². The lowest BCUT2D eigenvalue weighted by Gasteiger charge is -2.06. The molecule has 0 saturated heterocycles. The molecule has 0 saturated carbocycles. The van der Waals surface area contributed by atoms with E-state index < -0.39 is 5.82 Å². The summed E-state index contributed by atoms with van der Waals surface area (Å²) in [4.78, 5) is 18.9. The van der Waals surface area contributed by atoms with Crippen molar-refractivity contribution >= 4 is 21.8 Å². The second kappa shape index (κ2) is 6.47. The van der Waals surface area contributed by atoms with Gasteiger partial charge >= 0.3 is 0 Å². The Balaban J connectivity index is 1.82. The minimum absolute atomic E-state index is 0.286. The van der Waals surface area contributed by atoms with Crippen molar-refractivity contribution in [1.29, 1.82) is 0 Å². The number of aromatic nitrogens is 2. The summed E-state index contributed by atoms with van der Waals surface area (Å²) in [7, 11) is 0. The fourth-order valence-corrected chi connectivity index (χ4v) is 2.09. The molecule has 2 aromatic rings. The average molecular weight is 326 g/mol. The van der Waals surface area contributed by atoms with Crippen molar-refractivity contribution in [3.05, 3.63) is 52.3 Å². The normalized spacial score (nSPS) is 10.4. The number of rotatable bonds is 5. The van der Waals surface area contributed by atoms with Crippen LogP contribution in [0.5, 0.6) is 0 Å². The molecule has 100 valence electrons. The second-order valence-electron chi connectivity index (χ2n) is 4.02. The van der Waals surface area contributed by atoms with Crippen LogP contribution < -0.4 is 5.32 Å². The number of carbonyl (C=O) groups excluding carboxylic acids is 1. The Hall–Kier alpha value is -1.69. The third-order valence-electron chi connectivity index (χ3n) is 2.60. The Labute approximate surface area is 118 Å². The van der Waals surface area contributed by atoms with E-state index in [1.54, 1.807) is 12.4 Å². The van der Waals surface area contributed by atoms with Crippen LogP contribution in [0.4, 0.5) is 4.39 Å². The zero-order valence-corrected chi connectivity index (χ0v) is 11.7. The van der Waals surface area contributed by atoms with E-state index in [4.69, 9.17) is 0 Å². The molecular weight excluding hydrogens is 313 g/mol. The monoisotopic (exact) mass is 325 g/mol. The Morgan fingerprint density at radius 2 is 2.32 bits per heavy atom. The molecule has 19 heavy (non-hydrogen) atoms. The summed E-state index contributed by atoms with van der Waals surface area (Å²) in [5.74, 6) is 0.177. The van der Waals surface area contributed by atoms with Crippen molar-refractivity contribution in [2.75, 3.05) is 6.54 Å². The second-order valence-corrected chi connectivity index (χ2v) is 4.87. The van der Waals surface area contributed by atoms with Gasteiger partial charge in [-0.1, -0.05) is 0 Å². The molecule has 0 bridgehead atoms. The van der Waals surface area contributed by atoms with E-state index in [0.29, 0.717) is 16.6 Å². The number of nitrogens with one attached hydrogen (secondary N) is 2. The van der Waals surface area contributed by atoms with Gasteiger partial charge in [-0.15, -0.1) is 0 Å². The van der Waals surface area contributed by atoms with Crippen LogP contribution in [-0.4, -0.2) is 22.4 Å². The number of imidazole rings is 1. The highest BCUT2D eigenvalue weighted by Crippen LogP contribution is 2.17. The van der Waals surface area contributed by atoms with Crippen molar-refractivity contribution in [3.63, 3.8) is 0 Å². The number of aromatic amines is 1. The molecule has 0 aliphatic carbocycles. The summed E-state index contributed by atoms with van der Waals surface area (Å²) in [6.45, 7) is 0.516. The number of nitrogens with zero attached hydrogens (tertiary/aromatic N) is 1. The van der Waals surface area contributed by atoms with Crippen molar-refractivity contribution in [3.8, 4) is 0 Å². The average Bonchev–Trinajstić information content (AvgIpc) is 2.90. The van der Waals surface area contributed by atoms with Gasteiger partial charge in [0.25, 0.3) is 5.91 Å². The number of amides is 1. The Bertz CT molecular complexity index is 557. The first-order chi connectivity index (χ1) is 9.16. The molecule has 0 radical (unpaired) electrons. The number of hydrogen-bond acceptors (Lipinski definition) is 2. The highest BCUT2D eigenvalue weighted by Gasteiger charge is 2.10. The summed E-state index contributed by atoms with van der Waals surface area (Å²) in [5, 5.41) is 2.75. The molecule has 6 heteroatoms. The number of H-pyrrole nitrogens is 1. The topological polar surface area (TPSA) is 57.8 Å². The molecule has 0 spiro atoms. The highest BCUT2D eigenvalue weighted by atomic mass is 79.9. The lowest BCUT2D eigenvalue weighted by Crippen LogP contribution is -2.25. The summed E-state index contributed by atoms with van der Waals surface area (Å²) in [5.41, 5.74) is 0.304. The van der Waals surface area contributed by atoms with Gasteiger partial charge in [0.2, 0.25) is 0 Å². The van der Waals surface area contributed by atoms with Crippen molar-refractivity contribution in [2.45, 2.75) is 12.8 Å². The number of halogens is 2. The Morgan fingerprint density at radius 1 is 1.47 bits per heavy atom. The first-order valence-corrected chi connectivity index (χ1v) is 6.67. The third-order valence-corrected chi connectivity index (χ3v) is 3.30. The first-order valence-electron chi connectivity index (χ1n) is 5.88. The Morgan fingerprint density at radius 3 is 3.05 bits per heavy atom. The molecule has 2 N–H and O–H groups in total. The van der Waals surface area contributed by atoms with E-state index >= 15 is 0 Å². The first kappa shape index (κ1) is 13.7. The van der Waals surface area contributed by atoms with Crippen LogP contribution in [0.1, 0.15) is 22.6 Å². The molecule has 0 unspecified atom stereocenters. The van der Waals surface area contributed by atoms with Crippen LogP contribution in [0.15, 0.2) is 35.1 Å². The number of benzene rings is 1. The quantitative estimate of drug-likeness (QED) is 0.830. The SMILES string of the molecule is O=C(NCCCc1ncc[nH]1)c1cc(F)ccc1Br. The molecule has 0 aliphatic heterocycles.